The molecule has 0 bridgehead atoms. The highest BCUT2D eigenvalue weighted by atomic mass is 35.5. The number of amides is 1. The van der Waals surface area contributed by atoms with Gasteiger partial charge in [-0.25, -0.2) is 4.79 Å². The van der Waals surface area contributed by atoms with E-state index in [1.165, 1.54) is 11.0 Å². The van der Waals surface area contributed by atoms with Gasteiger partial charge in [-0.2, -0.15) is 0 Å². The predicted octanol–water partition coefficient (Wildman–Crippen LogP) is 1.68. The molecular weight excluding hydrogens is 321 g/mol. The lowest BCUT2D eigenvalue weighted by Gasteiger charge is -2.30. The molecule has 1 aliphatic rings. The summed E-state index contributed by atoms with van der Waals surface area (Å²) in [5.41, 5.74) is 0. The molecule has 0 radical (unpaired) electrons. The Labute approximate surface area is 131 Å². The number of hydrogen-bond acceptors (Lipinski definition) is 4. The van der Waals surface area contributed by atoms with Crippen molar-refractivity contribution in [2.75, 3.05) is 26.3 Å². The van der Waals surface area contributed by atoms with E-state index in [2.05, 4.69) is 0 Å². The van der Waals surface area contributed by atoms with Crippen LogP contribution >= 0.6 is 23.2 Å². The Morgan fingerprint density at radius 1 is 1.43 bits per heavy atom. The van der Waals surface area contributed by atoms with Crippen molar-refractivity contribution in [2.24, 2.45) is 0 Å². The largest absolute Gasteiger partial charge is 0.482 e. The second-order valence-electron chi connectivity index (χ2n) is 4.40. The number of halogens is 2. The van der Waals surface area contributed by atoms with Gasteiger partial charge in [0.1, 0.15) is 5.75 Å². The van der Waals surface area contributed by atoms with Gasteiger partial charge in [-0.05, 0) is 12.1 Å². The number of hydrogen-bond donors (Lipinski definition) is 1. The average Bonchev–Trinajstić information content (AvgIpc) is 2.48. The smallest absolute Gasteiger partial charge is 0.334 e. The first kappa shape index (κ1) is 15.9. The summed E-state index contributed by atoms with van der Waals surface area (Å²) in [6.45, 7) is 0.267. The van der Waals surface area contributed by atoms with Crippen LogP contribution < -0.4 is 4.74 Å². The van der Waals surface area contributed by atoms with Crippen LogP contribution in [0.2, 0.25) is 10.0 Å². The Morgan fingerprint density at radius 3 is 2.90 bits per heavy atom. The molecule has 1 aromatic rings. The van der Waals surface area contributed by atoms with Crippen LogP contribution in [-0.4, -0.2) is 54.3 Å². The Kier molecular flexibility index (Phi) is 5.27. The fourth-order valence-electron chi connectivity index (χ4n) is 1.84. The van der Waals surface area contributed by atoms with Gasteiger partial charge < -0.3 is 19.5 Å². The molecule has 0 saturated carbocycles. The van der Waals surface area contributed by atoms with E-state index < -0.39 is 12.1 Å². The Bertz CT molecular complexity index is 551. The molecule has 1 amide bonds. The topological polar surface area (TPSA) is 76.1 Å². The molecule has 1 fully saturated rings. The minimum absolute atomic E-state index is 0.000798. The summed E-state index contributed by atoms with van der Waals surface area (Å²) in [6.07, 6.45) is -1.00. The number of ether oxygens (including phenoxy) is 2. The van der Waals surface area contributed by atoms with Crippen molar-refractivity contribution >= 4 is 35.1 Å². The molecular formula is C13H13Cl2NO5. The van der Waals surface area contributed by atoms with Crippen LogP contribution in [0.5, 0.6) is 5.75 Å². The van der Waals surface area contributed by atoms with Gasteiger partial charge in [-0.3, -0.25) is 4.79 Å². The lowest BCUT2D eigenvalue weighted by atomic mass is 10.2. The number of nitrogens with zero attached hydrogens (tertiary/aromatic N) is 1. The van der Waals surface area contributed by atoms with Gasteiger partial charge in [-0.1, -0.05) is 23.2 Å². The Morgan fingerprint density at radius 2 is 2.19 bits per heavy atom. The summed E-state index contributed by atoms with van der Waals surface area (Å²) < 4.78 is 10.4. The highest BCUT2D eigenvalue weighted by Gasteiger charge is 2.29. The molecule has 1 heterocycles. The molecule has 114 valence electrons. The highest BCUT2D eigenvalue weighted by Crippen LogP contribution is 2.27. The zero-order valence-electron chi connectivity index (χ0n) is 10.9. The third-order valence-electron chi connectivity index (χ3n) is 2.94. The van der Waals surface area contributed by atoms with Crippen molar-refractivity contribution in [3.05, 3.63) is 28.2 Å². The van der Waals surface area contributed by atoms with Crippen molar-refractivity contribution < 1.29 is 24.2 Å². The second kappa shape index (κ2) is 6.98. The van der Waals surface area contributed by atoms with Crippen LogP contribution in [-0.2, 0) is 14.3 Å². The molecule has 0 aromatic heterocycles. The number of carbonyl (C=O) groups excluding carboxylic acids is 1. The number of carbonyl (C=O) groups is 2. The number of rotatable bonds is 4. The van der Waals surface area contributed by atoms with Crippen LogP contribution in [0, 0.1) is 0 Å². The van der Waals surface area contributed by atoms with Crippen LogP contribution in [0.15, 0.2) is 18.2 Å². The summed E-state index contributed by atoms with van der Waals surface area (Å²) in [5, 5.41) is 9.67. The number of carboxylic acid groups (broad SMARTS) is 1. The fraction of sp³-hybridized carbons (Fsp3) is 0.385. The van der Waals surface area contributed by atoms with E-state index in [0.717, 1.165) is 0 Å². The SMILES string of the molecule is O=C(O)C1CN(C(=O)COc2cc(Cl)ccc2Cl)CCO1. The first-order valence-electron chi connectivity index (χ1n) is 6.17. The Balaban J connectivity index is 1.92. The molecule has 1 N–H and O–H groups in total. The first-order chi connectivity index (χ1) is 9.97. The van der Waals surface area contributed by atoms with E-state index in [9.17, 15) is 9.59 Å². The molecule has 0 aliphatic carbocycles. The van der Waals surface area contributed by atoms with E-state index in [-0.39, 0.29) is 25.7 Å². The standard InChI is InChI=1S/C13H13Cl2NO5/c14-8-1-2-9(15)10(5-8)21-7-12(17)16-3-4-20-11(6-16)13(18)19/h1-2,5,11H,3-4,6-7H2,(H,18,19). The van der Waals surface area contributed by atoms with E-state index in [1.807, 2.05) is 0 Å². The number of benzene rings is 1. The van der Waals surface area contributed by atoms with Gasteiger partial charge in [0.15, 0.2) is 12.7 Å². The summed E-state index contributed by atoms with van der Waals surface area (Å²) in [5.74, 6) is -1.12. The molecule has 21 heavy (non-hydrogen) atoms. The first-order valence-corrected chi connectivity index (χ1v) is 6.93. The number of carboxylic acids is 1. The minimum Gasteiger partial charge on any atom is -0.482 e. The Hall–Kier alpha value is -1.50. The van der Waals surface area contributed by atoms with Gasteiger partial charge in [0, 0.05) is 17.6 Å². The molecule has 1 aliphatic heterocycles. The molecule has 1 unspecified atom stereocenters. The molecule has 1 aromatic carbocycles. The minimum atomic E-state index is -1.09. The molecule has 1 atom stereocenters. The van der Waals surface area contributed by atoms with Gasteiger partial charge in [-0.15, -0.1) is 0 Å². The molecule has 2 rings (SSSR count). The highest BCUT2D eigenvalue weighted by molar-refractivity contribution is 6.34. The van der Waals surface area contributed by atoms with Crippen LogP contribution in [0.25, 0.3) is 0 Å². The van der Waals surface area contributed by atoms with Crippen molar-refractivity contribution in [1.29, 1.82) is 0 Å². The van der Waals surface area contributed by atoms with E-state index in [0.29, 0.717) is 22.3 Å². The maximum absolute atomic E-state index is 12.0. The quantitative estimate of drug-likeness (QED) is 0.907. The van der Waals surface area contributed by atoms with Crippen LogP contribution in [0.3, 0.4) is 0 Å². The number of morpholine rings is 1. The van der Waals surface area contributed by atoms with Gasteiger partial charge in [0.25, 0.3) is 5.91 Å². The maximum Gasteiger partial charge on any atom is 0.334 e. The van der Waals surface area contributed by atoms with Crippen LogP contribution in [0.4, 0.5) is 0 Å². The molecule has 6 nitrogen and oxygen atoms in total. The normalized spacial score (nSPS) is 18.4. The maximum atomic E-state index is 12.0. The predicted molar refractivity (Wildman–Crippen MR) is 75.9 cm³/mol. The van der Waals surface area contributed by atoms with Gasteiger partial charge >= 0.3 is 5.97 Å². The van der Waals surface area contributed by atoms with Gasteiger partial charge in [0.05, 0.1) is 18.2 Å². The van der Waals surface area contributed by atoms with Crippen LogP contribution in [0.1, 0.15) is 0 Å². The number of aliphatic carboxylic acids is 1. The summed E-state index contributed by atoms with van der Waals surface area (Å²) in [4.78, 5) is 24.3. The third-order valence-corrected chi connectivity index (χ3v) is 3.49. The van der Waals surface area contributed by atoms with Gasteiger partial charge in [0.2, 0.25) is 0 Å². The zero-order chi connectivity index (χ0) is 15.4. The molecule has 0 spiro atoms. The lowest BCUT2D eigenvalue weighted by Crippen LogP contribution is -2.49. The second-order valence-corrected chi connectivity index (χ2v) is 5.24. The monoisotopic (exact) mass is 333 g/mol. The van der Waals surface area contributed by atoms with E-state index in [1.54, 1.807) is 12.1 Å². The van der Waals surface area contributed by atoms with E-state index >= 15 is 0 Å². The van der Waals surface area contributed by atoms with E-state index in [4.69, 9.17) is 37.8 Å². The fourth-order valence-corrected chi connectivity index (χ4v) is 2.18. The summed E-state index contributed by atoms with van der Waals surface area (Å²) in [7, 11) is 0. The van der Waals surface area contributed by atoms with Crippen molar-refractivity contribution in [2.45, 2.75) is 6.10 Å². The average molecular weight is 334 g/mol. The summed E-state index contributed by atoms with van der Waals surface area (Å²) >= 11 is 11.7. The van der Waals surface area contributed by atoms with Crippen molar-refractivity contribution in [1.82, 2.24) is 4.90 Å². The van der Waals surface area contributed by atoms with Crippen molar-refractivity contribution in [3.8, 4) is 5.75 Å². The zero-order valence-corrected chi connectivity index (χ0v) is 12.4. The van der Waals surface area contributed by atoms with Crippen molar-refractivity contribution in [3.63, 3.8) is 0 Å². The summed E-state index contributed by atoms with van der Waals surface area (Å²) in [6, 6.07) is 4.69. The molecule has 8 heteroatoms. The third kappa shape index (κ3) is 4.23. The lowest BCUT2D eigenvalue weighted by molar-refractivity contribution is -0.159. The molecule has 1 saturated heterocycles.